The number of hydrogen-bond donors (Lipinski definition) is 2. The molecule has 0 saturated heterocycles. The Morgan fingerprint density at radius 2 is 2.33 bits per heavy atom. The van der Waals surface area contributed by atoms with Crippen molar-refractivity contribution in [3.05, 3.63) is 35.8 Å². The molecular weight excluding hydrogens is 194 g/mol. The molecule has 2 heterocycles. The highest BCUT2D eigenvalue weighted by Crippen LogP contribution is 2.20. The summed E-state index contributed by atoms with van der Waals surface area (Å²) in [6.45, 7) is 1.90. The van der Waals surface area contributed by atoms with Crippen LogP contribution in [0.3, 0.4) is 0 Å². The Kier molecular flexibility index (Phi) is 2.21. The van der Waals surface area contributed by atoms with Crippen molar-refractivity contribution >= 4 is 5.97 Å². The molecule has 0 spiro atoms. The molecule has 76 valence electrons. The monoisotopic (exact) mass is 203 g/mol. The molecule has 0 aliphatic heterocycles. The molecule has 0 aliphatic rings. The lowest BCUT2D eigenvalue weighted by Crippen LogP contribution is -1.95. The smallest absolute Gasteiger partial charge is 0.353 e. The molecule has 5 heteroatoms. The largest absolute Gasteiger partial charge is 0.477 e. The van der Waals surface area contributed by atoms with Gasteiger partial charge in [-0.2, -0.15) is 5.10 Å². The van der Waals surface area contributed by atoms with Gasteiger partial charge < -0.3 is 5.11 Å². The molecule has 2 aromatic heterocycles. The van der Waals surface area contributed by atoms with E-state index in [-0.39, 0.29) is 5.69 Å². The molecule has 5 nitrogen and oxygen atoms in total. The Morgan fingerprint density at radius 1 is 1.53 bits per heavy atom. The molecule has 2 rings (SSSR count). The maximum Gasteiger partial charge on any atom is 0.353 e. The van der Waals surface area contributed by atoms with Crippen molar-refractivity contribution < 1.29 is 9.90 Å². The van der Waals surface area contributed by atoms with E-state index in [1.807, 2.05) is 6.92 Å². The van der Waals surface area contributed by atoms with Crippen LogP contribution in [0.4, 0.5) is 0 Å². The summed E-state index contributed by atoms with van der Waals surface area (Å²) >= 11 is 0. The van der Waals surface area contributed by atoms with Gasteiger partial charge in [-0.3, -0.25) is 10.1 Å². The third-order valence-electron chi connectivity index (χ3n) is 2.10. The lowest BCUT2D eigenvalue weighted by Gasteiger charge is -1.98. The lowest BCUT2D eigenvalue weighted by molar-refractivity contribution is 0.0690. The topological polar surface area (TPSA) is 78.9 Å². The van der Waals surface area contributed by atoms with Crippen LogP contribution in [0.2, 0.25) is 0 Å². The Bertz CT molecular complexity index is 505. The van der Waals surface area contributed by atoms with Crippen LogP contribution in [0, 0.1) is 6.92 Å². The van der Waals surface area contributed by atoms with E-state index < -0.39 is 5.97 Å². The molecule has 0 aromatic carbocycles. The number of carboxylic acid groups (broad SMARTS) is 1. The number of carbonyl (C=O) groups is 1. The molecule has 0 aliphatic carbocycles. The summed E-state index contributed by atoms with van der Waals surface area (Å²) in [5, 5.41) is 15.1. The molecule has 0 saturated carbocycles. The highest BCUT2D eigenvalue weighted by Gasteiger charge is 2.10. The number of aromatic amines is 1. The second-order valence-electron chi connectivity index (χ2n) is 3.16. The van der Waals surface area contributed by atoms with Gasteiger partial charge in [-0.05, 0) is 24.6 Å². The van der Waals surface area contributed by atoms with Gasteiger partial charge in [-0.15, -0.1) is 0 Å². The molecule has 15 heavy (non-hydrogen) atoms. The molecule has 2 N–H and O–H groups in total. The van der Waals surface area contributed by atoms with Gasteiger partial charge in [-0.1, -0.05) is 0 Å². The summed E-state index contributed by atoms with van der Waals surface area (Å²) < 4.78 is 0. The number of pyridine rings is 1. The molecule has 0 radical (unpaired) electrons. The summed E-state index contributed by atoms with van der Waals surface area (Å²) in [6, 6.07) is 3.31. The molecule has 2 aromatic rings. The van der Waals surface area contributed by atoms with E-state index in [0.717, 1.165) is 11.1 Å². The van der Waals surface area contributed by atoms with Gasteiger partial charge in [0.25, 0.3) is 0 Å². The SMILES string of the molecule is Cc1cnccc1-c1cc(C(=O)O)[nH]n1. The third-order valence-corrected chi connectivity index (χ3v) is 2.10. The van der Waals surface area contributed by atoms with Gasteiger partial charge in [0.05, 0.1) is 5.69 Å². The summed E-state index contributed by atoms with van der Waals surface area (Å²) in [5.74, 6) is -1.01. The van der Waals surface area contributed by atoms with Crippen LogP contribution in [-0.4, -0.2) is 26.3 Å². The molecule has 0 fully saturated rings. The average Bonchev–Trinajstić information content (AvgIpc) is 2.67. The summed E-state index contributed by atoms with van der Waals surface area (Å²) in [6.07, 6.45) is 3.36. The lowest BCUT2D eigenvalue weighted by atomic mass is 10.1. The molecule has 0 atom stereocenters. The maximum atomic E-state index is 10.6. The van der Waals surface area contributed by atoms with Crippen LogP contribution < -0.4 is 0 Å². The van der Waals surface area contributed by atoms with Gasteiger partial charge >= 0.3 is 5.97 Å². The first-order valence-corrected chi connectivity index (χ1v) is 4.38. The Labute approximate surface area is 85.8 Å². The second kappa shape index (κ2) is 3.53. The van der Waals surface area contributed by atoms with Gasteiger partial charge in [0.2, 0.25) is 0 Å². The fourth-order valence-corrected chi connectivity index (χ4v) is 1.33. The van der Waals surface area contributed by atoms with Crippen molar-refractivity contribution in [2.45, 2.75) is 6.92 Å². The zero-order valence-electron chi connectivity index (χ0n) is 8.06. The fraction of sp³-hybridized carbons (Fsp3) is 0.100. The summed E-state index contributed by atoms with van der Waals surface area (Å²) in [7, 11) is 0. The number of rotatable bonds is 2. The van der Waals surface area contributed by atoms with Crippen molar-refractivity contribution in [3.8, 4) is 11.3 Å². The van der Waals surface area contributed by atoms with Crippen molar-refractivity contribution in [1.82, 2.24) is 15.2 Å². The molecular formula is C10H9N3O2. The van der Waals surface area contributed by atoms with Crippen molar-refractivity contribution in [1.29, 1.82) is 0 Å². The predicted octanol–water partition coefficient (Wildman–Crippen LogP) is 1.48. The number of aryl methyl sites for hydroxylation is 1. The van der Waals surface area contributed by atoms with Crippen LogP contribution in [0.25, 0.3) is 11.3 Å². The number of nitrogens with one attached hydrogen (secondary N) is 1. The molecule has 0 unspecified atom stereocenters. The van der Waals surface area contributed by atoms with E-state index in [0.29, 0.717) is 5.69 Å². The minimum atomic E-state index is -1.01. The zero-order valence-corrected chi connectivity index (χ0v) is 8.06. The summed E-state index contributed by atoms with van der Waals surface area (Å²) in [5.41, 5.74) is 2.54. The van der Waals surface area contributed by atoms with E-state index in [9.17, 15) is 4.79 Å². The first-order valence-electron chi connectivity index (χ1n) is 4.38. The average molecular weight is 203 g/mol. The van der Waals surface area contributed by atoms with E-state index in [1.54, 1.807) is 18.5 Å². The number of aromatic nitrogens is 3. The highest BCUT2D eigenvalue weighted by atomic mass is 16.4. The summed E-state index contributed by atoms with van der Waals surface area (Å²) in [4.78, 5) is 14.6. The van der Waals surface area contributed by atoms with Gasteiger partial charge in [0.15, 0.2) is 0 Å². The van der Waals surface area contributed by atoms with Crippen molar-refractivity contribution in [3.63, 3.8) is 0 Å². The maximum absolute atomic E-state index is 10.6. The van der Waals surface area contributed by atoms with E-state index in [4.69, 9.17) is 5.11 Å². The van der Waals surface area contributed by atoms with Gasteiger partial charge in [0.1, 0.15) is 5.69 Å². The molecule has 0 amide bonds. The van der Waals surface area contributed by atoms with Crippen LogP contribution >= 0.6 is 0 Å². The molecule has 0 bridgehead atoms. The van der Waals surface area contributed by atoms with Crippen LogP contribution in [0.1, 0.15) is 16.1 Å². The second-order valence-corrected chi connectivity index (χ2v) is 3.16. The van der Waals surface area contributed by atoms with Crippen molar-refractivity contribution in [2.24, 2.45) is 0 Å². The Morgan fingerprint density at radius 3 is 2.93 bits per heavy atom. The number of H-pyrrole nitrogens is 1. The number of carboxylic acids is 1. The zero-order chi connectivity index (χ0) is 10.8. The van der Waals surface area contributed by atoms with Crippen molar-refractivity contribution in [2.75, 3.05) is 0 Å². The van der Waals surface area contributed by atoms with Crippen LogP contribution in [-0.2, 0) is 0 Å². The Balaban J connectivity index is 2.46. The van der Waals surface area contributed by atoms with E-state index in [2.05, 4.69) is 15.2 Å². The van der Waals surface area contributed by atoms with Gasteiger partial charge in [0, 0.05) is 18.0 Å². The first-order chi connectivity index (χ1) is 7.18. The number of aromatic carboxylic acids is 1. The minimum absolute atomic E-state index is 0.0845. The fourth-order valence-electron chi connectivity index (χ4n) is 1.33. The first kappa shape index (κ1) is 9.39. The predicted molar refractivity (Wildman–Crippen MR) is 53.5 cm³/mol. The quantitative estimate of drug-likeness (QED) is 0.774. The Hall–Kier alpha value is -2.17. The minimum Gasteiger partial charge on any atom is -0.477 e. The standard InChI is InChI=1S/C10H9N3O2/c1-6-5-11-3-2-7(6)8-4-9(10(14)15)13-12-8/h2-5H,1H3,(H,12,13)(H,14,15). The van der Waals surface area contributed by atoms with Crippen LogP contribution in [0.15, 0.2) is 24.5 Å². The van der Waals surface area contributed by atoms with E-state index >= 15 is 0 Å². The number of nitrogens with zero attached hydrogens (tertiary/aromatic N) is 2. The van der Waals surface area contributed by atoms with Gasteiger partial charge in [-0.25, -0.2) is 4.79 Å². The third kappa shape index (κ3) is 1.71. The number of hydrogen-bond acceptors (Lipinski definition) is 3. The van der Waals surface area contributed by atoms with Crippen LogP contribution in [0.5, 0.6) is 0 Å². The highest BCUT2D eigenvalue weighted by molar-refractivity contribution is 5.86. The van der Waals surface area contributed by atoms with E-state index in [1.165, 1.54) is 6.07 Å². The normalized spacial score (nSPS) is 10.2.